The molecule has 0 saturated carbocycles. The highest BCUT2D eigenvalue weighted by Crippen LogP contribution is 2.15. The number of guanidine groups is 1. The van der Waals surface area contributed by atoms with E-state index >= 15 is 0 Å². The fraction of sp³-hybridized carbons (Fsp3) is 0.500. The van der Waals surface area contributed by atoms with E-state index in [1.807, 2.05) is 33.2 Å². The first-order valence-electron chi connectivity index (χ1n) is 5.96. The van der Waals surface area contributed by atoms with Gasteiger partial charge in [-0.05, 0) is 19.9 Å². The molecule has 7 nitrogen and oxygen atoms in total. The number of aromatic nitrogens is 2. The molecule has 0 aromatic carbocycles. The molecule has 0 spiro atoms. The summed E-state index contributed by atoms with van der Waals surface area (Å²) in [6, 6.07) is 2.00. The molecule has 7 heteroatoms. The number of hydrogen-bond acceptors (Lipinski definition) is 5. The monoisotopic (exact) mass is 261 g/mol. The first-order valence-corrected chi connectivity index (χ1v) is 5.96. The van der Waals surface area contributed by atoms with Gasteiger partial charge in [0, 0.05) is 27.2 Å². The second-order valence-corrected chi connectivity index (χ2v) is 4.11. The maximum atomic E-state index is 8.51. The molecule has 0 atom stereocenters. The molecule has 0 radical (unpaired) electrons. The van der Waals surface area contributed by atoms with Crippen molar-refractivity contribution in [3.63, 3.8) is 0 Å². The Morgan fingerprint density at radius 3 is 2.84 bits per heavy atom. The van der Waals surface area contributed by atoms with Crippen molar-refractivity contribution in [3.8, 4) is 6.19 Å². The maximum Gasteiger partial charge on any atom is 0.204 e. The molecule has 0 saturated heterocycles. The zero-order chi connectivity index (χ0) is 14.3. The molecule has 19 heavy (non-hydrogen) atoms. The highest BCUT2D eigenvalue weighted by atomic mass is 15.2. The Bertz CT molecular complexity index is 489. The molecule has 0 aliphatic rings. The third-order valence-corrected chi connectivity index (χ3v) is 2.62. The summed E-state index contributed by atoms with van der Waals surface area (Å²) in [4.78, 5) is 6.00. The molecular formula is C12H19N7. The van der Waals surface area contributed by atoms with E-state index in [1.54, 1.807) is 7.05 Å². The van der Waals surface area contributed by atoms with Crippen molar-refractivity contribution in [1.82, 2.24) is 20.8 Å². The van der Waals surface area contributed by atoms with Crippen LogP contribution in [0, 0.1) is 25.3 Å². The Kier molecular flexibility index (Phi) is 5.54. The molecule has 102 valence electrons. The number of nitrogens with zero attached hydrogens (tertiary/aromatic N) is 5. The molecular weight excluding hydrogens is 242 g/mol. The summed E-state index contributed by atoms with van der Waals surface area (Å²) in [5.74, 6) is 0.469. The number of nitriles is 1. The normalized spacial score (nSPS) is 10.8. The Hall–Kier alpha value is -2.36. The van der Waals surface area contributed by atoms with Crippen LogP contribution in [-0.2, 0) is 0 Å². The maximum absolute atomic E-state index is 8.51. The van der Waals surface area contributed by atoms with Gasteiger partial charge in [0.2, 0.25) is 5.96 Å². The van der Waals surface area contributed by atoms with Crippen LogP contribution in [0.15, 0.2) is 11.1 Å². The Balaban J connectivity index is 2.54. The number of nitrogens with one attached hydrogen (secondary N) is 2. The summed E-state index contributed by atoms with van der Waals surface area (Å²) in [6.45, 7) is 5.28. The second kappa shape index (κ2) is 7.16. The van der Waals surface area contributed by atoms with Crippen molar-refractivity contribution < 1.29 is 0 Å². The molecule has 0 aliphatic carbocycles. The van der Waals surface area contributed by atoms with E-state index in [-0.39, 0.29) is 0 Å². The third kappa shape index (κ3) is 4.43. The van der Waals surface area contributed by atoms with Gasteiger partial charge >= 0.3 is 0 Å². The topological polar surface area (TPSA) is 89.2 Å². The smallest absolute Gasteiger partial charge is 0.204 e. The average molecular weight is 261 g/mol. The molecule has 0 aliphatic heterocycles. The summed E-state index contributed by atoms with van der Waals surface area (Å²) < 4.78 is 0. The van der Waals surface area contributed by atoms with E-state index < -0.39 is 0 Å². The van der Waals surface area contributed by atoms with Gasteiger partial charge in [-0.1, -0.05) is 0 Å². The van der Waals surface area contributed by atoms with Crippen LogP contribution in [0.4, 0.5) is 5.69 Å². The molecule has 0 bridgehead atoms. The van der Waals surface area contributed by atoms with Gasteiger partial charge in [0.15, 0.2) is 6.19 Å². The lowest BCUT2D eigenvalue weighted by Crippen LogP contribution is -2.39. The van der Waals surface area contributed by atoms with E-state index in [9.17, 15) is 0 Å². The number of anilines is 1. The number of aliphatic imine (C=N–C) groups is 1. The van der Waals surface area contributed by atoms with Crippen LogP contribution in [0.25, 0.3) is 0 Å². The Labute approximate surface area is 113 Å². The van der Waals surface area contributed by atoms with Crippen molar-refractivity contribution in [2.75, 3.05) is 32.1 Å². The first kappa shape index (κ1) is 14.7. The molecule has 0 amide bonds. The van der Waals surface area contributed by atoms with Crippen molar-refractivity contribution in [2.24, 2.45) is 4.99 Å². The minimum atomic E-state index is 0.469. The van der Waals surface area contributed by atoms with Gasteiger partial charge in [0.25, 0.3) is 0 Å². The van der Waals surface area contributed by atoms with Gasteiger partial charge in [0.1, 0.15) is 0 Å². The van der Waals surface area contributed by atoms with Gasteiger partial charge in [-0.3, -0.25) is 10.3 Å². The largest absolute Gasteiger partial charge is 0.371 e. The number of hydrogen-bond donors (Lipinski definition) is 2. The minimum absolute atomic E-state index is 0.469. The minimum Gasteiger partial charge on any atom is -0.371 e. The van der Waals surface area contributed by atoms with Crippen LogP contribution in [0.3, 0.4) is 0 Å². The van der Waals surface area contributed by atoms with Crippen LogP contribution in [0.5, 0.6) is 0 Å². The standard InChI is InChI=1S/C12H19N7/c1-9-7-11(10(2)18-17-9)19(4)6-5-15-12(14-3)16-8-13/h7H,5-6H2,1-4H3,(H2,14,15,16). The highest BCUT2D eigenvalue weighted by Gasteiger charge is 2.07. The predicted molar refractivity (Wildman–Crippen MR) is 74.9 cm³/mol. The second-order valence-electron chi connectivity index (χ2n) is 4.11. The SMILES string of the molecule is CN=C(NC#N)NCCN(C)c1cc(C)nnc1C. The van der Waals surface area contributed by atoms with Crippen molar-refractivity contribution in [1.29, 1.82) is 5.26 Å². The van der Waals surface area contributed by atoms with Crippen molar-refractivity contribution in [3.05, 3.63) is 17.5 Å². The summed E-state index contributed by atoms with van der Waals surface area (Å²) in [5, 5.41) is 22.1. The van der Waals surface area contributed by atoms with E-state index in [1.165, 1.54) is 0 Å². The molecule has 0 unspecified atom stereocenters. The zero-order valence-corrected chi connectivity index (χ0v) is 11.7. The summed E-state index contributed by atoms with van der Waals surface area (Å²) >= 11 is 0. The van der Waals surface area contributed by atoms with Crippen molar-refractivity contribution in [2.45, 2.75) is 13.8 Å². The van der Waals surface area contributed by atoms with Crippen LogP contribution < -0.4 is 15.5 Å². The van der Waals surface area contributed by atoms with Gasteiger partial charge in [-0.2, -0.15) is 15.5 Å². The highest BCUT2D eigenvalue weighted by molar-refractivity contribution is 5.80. The number of aryl methyl sites for hydroxylation is 2. The summed E-state index contributed by atoms with van der Waals surface area (Å²) in [7, 11) is 3.61. The molecule has 1 heterocycles. The lowest BCUT2D eigenvalue weighted by Gasteiger charge is -2.21. The Morgan fingerprint density at radius 2 is 2.21 bits per heavy atom. The molecule has 1 aromatic rings. The molecule has 0 fully saturated rings. The predicted octanol–water partition coefficient (Wildman–Crippen LogP) is 0.176. The van der Waals surface area contributed by atoms with Gasteiger partial charge in [0.05, 0.1) is 17.1 Å². The van der Waals surface area contributed by atoms with E-state index in [2.05, 4.69) is 30.7 Å². The number of rotatable bonds is 4. The third-order valence-electron chi connectivity index (χ3n) is 2.62. The molecule has 1 rings (SSSR count). The van der Waals surface area contributed by atoms with Crippen LogP contribution >= 0.6 is 0 Å². The average Bonchev–Trinajstić information content (AvgIpc) is 2.40. The van der Waals surface area contributed by atoms with Gasteiger partial charge in [-0.15, -0.1) is 0 Å². The fourth-order valence-corrected chi connectivity index (χ4v) is 1.62. The molecule has 2 N–H and O–H groups in total. The lowest BCUT2D eigenvalue weighted by atomic mass is 10.3. The van der Waals surface area contributed by atoms with Crippen LogP contribution in [-0.4, -0.2) is 43.3 Å². The zero-order valence-electron chi connectivity index (χ0n) is 11.7. The quantitative estimate of drug-likeness (QED) is 0.348. The molecule has 1 aromatic heterocycles. The van der Waals surface area contributed by atoms with Gasteiger partial charge in [-0.25, -0.2) is 0 Å². The van der Waals surface area contributed by atoms with Crippen LogP contribution in [0.2, 0.25) is 0 Å². The summed E-state index contributed by atoms with van der Waals surface area (Å²) in [6.07, 6.45) is 1.83. The Morgan fingerprint density at radius 1 is 1.47 bits per heavy atom. The van der Waals surface area contributed by atoms with Crippen molar-refractivity contribution >= 4 is 11.6 Å². The first-order chi connectivity index (χ1) is 9.08. The van der Waals surface area contributed by atoms with E-state index in [0.29, 0.717) is 12.5 Å². The summed E-state index contributed by atoms with van der Waals surface area (Å²) in [5.41, 5.74) is 2.84. The van der Waals surface area contributed by atoms with E-state index in [0.717, 1.165) is 23.6 Å². The van der Waals surface area contributed by atoms with Gasteiger partial charge < -0.3 is 10.2 Å². The van der Waals surface area contributed by atoms with E-state index in [4.69, 9.17) is 5.26 Å². The number of likely N-dealkylation sites (N-methyl/N-ethyl adjacent to an activating group) is 1. The van der Waals surface area contributed by atoms with Crippen LogP contribution in [0.1, 0.15) is 11.4 Å². The lowest BCUT2D eigenvalue weighted by molar-refractivity contribution is 0.797. The fourth-order valence-electron chi connectivity index (χ4n) is 1.62.